The summed E-state index contributed by atoms with van der Waals surface area (Å²) >= 11 is 0. The van der Waals surface area contributed by atoms with Gasteiger partial charge < -0.3 is 16.2 Å². The lowest BCUT2D eigenvalue weighted by Gasteiger charge is -2.32. The van der Waals surface area contributed by atoms with E-state index in [1.807, 2.05) is 30.3 Å². The Morgan fingerprint density at radius 2 is 1.29 bits per heavy atom. The third-order valence-electron chi connectivity index (χ3n) is 8.42. The molecule has 15 heteroatoms. The number of ether oxygens (including phenoxy) is 1. The maximum atomic E-state index is 14.5. The van der Waals surface area contributed by atoms with Crippen molar-refractivity contribution in [2.45, 2.75) is 30.3 Å². The van der Waals surface area contributed by atoms with Gasteiger partial charge in [0.1, 0.15) is 12.4 Å². The van der Waals surface area contributed by atoms with Crippen molar-refractivity contribution in [2.24, 2.45) is 0 Å². The number of anilines is 2. The molecule has 0 atom stereocenters. The average molecular weight is 708 g/mol. The van der Waals surface area contributed by atoms with E-state index in [0.717, 1.165) is 15.4 Å². The number of hydrogen-bond acceptors (Lipinski definition) is 11. The maximum absolute atomic E-state index is 14.5. The molecule has 0 aliphatic carbocycles. The van der Waals surface area contributed by atoms with Gasteiger partial charge in [-0.1, -0.05) is 42.5 Å². The van der Waals surface area contributed by atoms with Crippen molar-refractivity contribution in [1.82, 2.24) is 34.2 Å². The molecule has 0 amide bonds. The Kier molecular flexibility index (Phi) is 9.06. The summed E-state index contributed by atoms with van der Waals surface area (Å²) in [5.41, 5.74) is 16.5. The Hall–Kier alpha value is -5.93. The van der Waals surface area contributed by atoms with Crippen LogP contribution in [-0.4, -0.2) is 61.6 Å². The number of halogens is 2. The van der Waals surface area contributed by atoms with Crippen LogP contribution in [0.25, 0.3) is 44.8 Å². The van der Waals surface area contributed by atoms with E-state index in [0.29, 0.717) is 45.0 Å². The second kappa shape index (κ2) is 13.8. The van der Waals surface area contributed by atoms with Crippen LogP contribution in [0.15, 0.2) is 109 Å². The van der Waals surface area contributed by atoms with Crippen molar-refractivity contribution < 1.29 is 21.9 Å². The van der Waals surface area contributed by atoms with E-state index < -0.39 is 22.5 Å². The number of nitrogens with two attached hydrogens (primary N) is 2. The SMILES string of the molecule is Nc1ncc(-c2ccc(-c3ccccc3OCc3cccc(S(=O)(=O)N4CCCC(F)(F)C4)c3-c3ccc(-c4cnc(N)nc4)nc3)cn2)cn1. The molecule has 0 unspecified atom stereocenters. The van der Waals surface area contributed by atoms with Gasteiger partial charge in [-0.15, -0.1) is 0 Å². The van der Waals surface area contributed by atoms with E-state index in [9.17, 15) is 17.2 Å². The Labute approximate surface area is 292 Å². The summed E-state index contributed by atoms with van der Waals surface area (Å²) in [6, 6.07) is 19.3. The van der Waals surface area contributed by atoms with Crippen molar-refractivity contribution in [3.05, 3.63) is 109 Å². The van der Waals surface area contributed by atoms with Gasteiger partial charge in [-0.05, 0) is 36.2 Å². The number of pyridine rings is 2. The second-order valence-corrected chi connectivity index (χ2v) is 13.8. The molecule has 4 aromatic heterocycles. The number of benzene rings is 2. The Morgan fingerprint density at radius 1 is 0.706 bits per heavy atom. The third kappa shape index (κ3) is 7.20. The molecular weight excluding hydrogens is 677 g/mol. The molecule has 1 saturated heterocycles. The molecule has 7 rings (SSSR count). The molecule has 51 heavy (non-hydrogen) atoms. The fourth-order valence-electron chi connectivity index (χ4n) is 5.88. The van der Waals surface area contributed by atoms with E-state index in [-0.39, 0.29) is 42.8 Å². The van der Waals surface area contributed by atoms with Crippen LogP contribution in [0.2, 0.25) is 0 Å². The van der Waals surface area contributed by atoms with Gasteiger partial charge in [-0.3, -0.25) is 9.97 Å². The van der Waals surface area contributed by atoms with Crippen LogP contribution in [0.3, 0.4) is 0 Å². The summed E-state index contributed by atoms with van der Waals surface area (Å²) in [5.74, 6) is -2.32. The van der Waals surface area contributed by atoms with Crippen LogP contribution < -0.4 is 16.2 Å². The first-order valence-electron chi connectivity index (χ1n) is 15.9. The molecule has 12 nitrogen and oxygen atoms in total. The smallest absolute Gasteiger partial charge is 0.261 e. The topological polar surface area (TPSA) is 176 Å². The predicted molar refractivity (Wildman–Crippen MR) is 187 cm³/mol. The Balaban J connectivity index is 1.24. The second-order valence-electron chi connectivity index (χ2n) is 11.9. The quantitative estimate of drug-likeness (QED) is 0.183. The number of nitrogen functional groups attached to an aromatic ring is 2. The fraction of sp³-hybridized carbons (Fsp3) is 0.167. The van der Waals surface area contributed by atoms with E-state index >= 15 is 0 Å². The molecule has 1 aliphatic rings. The number of nitrogens with zero attached hydrogens (tertiary/aromatic N) is 7. The first kappa shape index (κ1) is 33.6. The van der Waals surface area contributed by atoms with Crippen molar-refractivity contribution in [1.29, 1.82) is 0 Å². The number of rotatable bonds is 9. The normalized spacial score (nSPS) is 14.6. The van der Waals surface area contributed by atoms with E-state index in [4.69, 9.17) is 16.2 Å². The molecule has 258 valence electrons. The van der Waals surface area contributed by atoms with Crippen LogP contribution in [0.1, 0.15) is 18.4 Å². The minimum absolute atomic E-state index is 0.0159. The van der Waals surface area contributed by atoms with E-state index in [1.54, 1.807) is 48.9 Å². The van der Waals surface area contributed by atoms with Gasteiger partial charge in [0.05, 0.1) is 22.8 Å². The summed E-state index contributed by atoms with van der Waals surface area (Å²) < 4.78 is 64.4. The van der Waals surface area contributed by atoms with Crippen LogP contribution in [0.4, 0.5) is 20.7 Å². The number of aromatic nitrogens is 6. The minimum Gasteiger partial charge on any atom is -0.488 e. The van der Waals surface area contributed by atoms with Crippen LogP contribution in [-0.2, 0) is 16.6 Å². The number of hydrogen-bond donors (Lipinski definition) is 2. The summed E-state index contributed by atoms with van der Waals surface area (Å²) in [6.07, 6.45) is 9.18. The summed E-state index contributed by atoms with van der Waals surface area (Å²) in [6.45, 7) is -0.957. The fourth-order valence-corrected chi connectivity index (χ4v) is 7.64. The van der Waals surface area contributed by atoms with Crippen molar-refractivity contribution >= 4 is 21.9 Å². The third-order valence-corrected chi connectivity index (χ3v) is 10.3. The zero-order valence-corrected chi connectivity index (χ0v) is 27.8. The molecule has 0 spiro atoms. The molecule has 2 aromatic carbocycles. The first-order valence-corrected chi connectivity index (χ1v) is 17.3. The molecule has 0 saturated carbocycles. The number of para-hydroxylation sites is 1. The van der Waals surface area contributed by atoms with E-state index in [1.165, 1.54) is 24.7 Å². The summed E-state index contributed by atoms with van der Waals surface area (Å²) in [5, 5.41) is 0. The Bertz CT molecular complexity index is 2270. The largest absolute Gasteiger partial charge is 0.488 e. The highest BCUT2D eigenvalue weighted by Crippen LogP contribution is 2.38. The Morgan fingerprint density at radius 3 is 1.88 bits per heavy atom. The maximum Gasteiger partial charge on any atom is 0.261 e. The zero-order chi connectivity index (χ0) is 35.6. The van der Waals surface area contributed by atoms with Crippen molar-refractivity contribution in [3.8, 4) is 50.5 Å². The van der Waals surface area contributed by atoms with Crippen molar-refractivity contribution in [2.75, 3.05) is 24.6 Å². The number of alkyl halides is 2. The standard InChI is InChI=1S/C36H31F2N9O3S/c37-36(38)13-4-14-47(22-36)51(48,49)32-8-3-5-25(33(32)24-10-12-30(42-16-24)27-19-45-35(40)46-20-27)21-50-31-7-2-1-6-28(31)23-9-11-29(41-15-23)26-17-43-34(39)44-18-26/h1-3,5-12,15-20H,4,13-14,21-22H2,(H2,39,43,44)(H2,40,45,46). The number of piperidine rings is 1. The van der Waals surface area contributed by atoms with Gasteiger partial charge in [0.25, 0.3) is 5.92 Å². The van der Waals surface area contributed by atoms with Gasteiger partial charge >= 0.3 is 0 Å². The molecule has 6 aromatic rings. The molecule has 1 aliphatic heterocycles. The lowest BCUT2D eigenvalue weighted by atomic mass is 10.0. The first-order chi connectivity index (χ1) is 24.6. The average Bonchev–Trinajstić information content (AvgIpc) is 3.14. The lowest BCUT2D eigenvalue weighted by Crippen LogP contribution is -2.45. The minimum atomic E-state index is -4.35. The monoisotopic (exact) mass is 707 g/mol. The van der Waals surface area contributed by atoms with Gasteiger partial charge in [0, 0.05) is 83.5 Å². The molecule has 0 bridgehead atoms. The molecule has 4 N–H and O–H groups in total. The van der Waals surface area contributed by atoms with Crippen LogP contribution in [0, 0.1) is 0 Å². The molecular formula is C36H31F2N9O3S. The molecule has 5 heterocycles. The highest BCUT2D eigenvalue weighted by molar-refractivity contribution is 7.89. The zero-order valence-electron chi connectivity index (χ0n) is 27.0. The lowest BCUT2D eigenvalue weighted by molar-refractivity contribution is -0.0434. The van der Waals surface area contributed by atoms with Gasteiger partial charge in [0.15, 0.2) is 0 Å². The predicted octanol–water partition coefficient (Wildman–Crippen LogP) is 5.89. The van der Waals surface area contributed by atoms with Crippen molar-refractivity contribution in [3.63, 3.8) is 0 Å². The van der Waals surface area contributed by atoms with Gasteiger partial charge in [0.2, 0.25) is 21.9 Å². The summed E-state index contributed by atoms with van der Waals surface area (Å²) in [4.78, 5) is 25.1. The molecule has 0 radical (unpaired) electrons. The van der Waals surface area contributed by atoms with E-state index in [2.05, 4.69) is 29.9 Å². The van der Waals surface area contributed by atoms with Crippen LogP contribution >= 0.6 is 0 Å². The number of sulfonamides is 1. The highest BCUT2D eigenvalue weighted by atomic mass is 32.2. The highest BCUT2D eigenvalue weighted by Gasteiger charge is 2.41. The molecule has 1 fully saturated rings. The summed E-state index contributed by atoms with van der Waals surface area (Å²) in [7, 11) is -4.35. The van der Waals surface area contributed by atoms with Crippen LogP contribution in [0.5, 0.6) is 5.75 Å². The van der Waals surface area contributed by atoms with Gasteiger partial charge in [-0.2, -0.15) is 4.31 Å². The van der Waals surface area contributed by atoms with Gasteiger partial charge in [-0.25, -0.2) is 37.1 Å².